The van der Waals surface area contributed by atoms with E-state index in [1.807, 2.05) is 0 Å². The van der Waals surface area contributed by atoms with E-state index < -0.39 is 0 Å². The Morgan fingerprint density at radius 1 is 1.19 bits per heavy atom. The fraction of sp³-hybridized carbons (Fsp3) is 1.00. The van der Waals surface area contributed by atoms with Crippen molar-refractivity contribution in [3.8, 4) is 0 Å². The van der Waals surface area contributed by atoms with Crippen molar-refractivity contribution in [3.05, 3.63) is 0 Å². The average Bonchev–Trinajstić information content (AvgIpc) is 3.11. The molecule has 1 saturated carbocycles. The number of ether oxygens (including phenoxy) is 2. The summed E-state index contributed by atoms with van der Waals surface area (Å²) in [4.78, 5) is 0. The fourth-order valence-corrected chi connectivity index (χ4v) is 2.91. The molecule has 1 N–H and O–H groups in total. The van der Waals surface area contributed by atoms with E-state index >= 15 is 0 Å². The molecule has 0 radical (unpaired) electrons. The van der Waals surface area contributed by atoms with Gasteiger partial charge in [-0.2, -0.15) is 0 Å². The lowest BCUT2D eigenvalue weighted by molar-refractivity contribution is -0.146. The molecule has 3 fully saturated rings. The first-order chi connectivity index (χ1) is 7.86. The van der Waals surface area contributed by atoms with E-state index in [2.05, 4.69) is 5.32 Å². The van der Waals surface area contributed by atoms with E-state index in [1.54, 1.807) is 0 Å². The summed E-state index contributed by atoms with van der Waals surface area (Å²) in [6.45, 7) is 4.11. The van der Waals surface area contributed by atoms with Crippen LogP contribution < -0.4 is 5.32 Å². The molecule has 16 heavy (non-hydrogen) atoms. The van der Waals surface area contributed by atoms with Crippen LogP contribution in [0.15, 0.2) is 0 Å². The number of hydrogen-bond acceptors (Lipinski definition) is 3. The molecule has 3 rings (SSSR count). The summed E-state index contributed by atoms with van der Waals surface area (Å²) in [6, 6.07) is 0. The SMILES string of the molecule is C1CC2(CCN1)CC(OCC1CC1)CCO2. The van der Waals surface area contributed by atoms with E-state index in [0.717, 1.165) is 57.9 Å². The third-order valence-electron chi connectivity index (χ3n) is 4.23. The van der Waals surface area contributed by atoms with Crippen molar-refractivity contribution in [1.29, 1.82) is 0 Å². The van der Waals surface area contributed by atoms with Crippen molar-refractivity contribution in [2.45, 2.75) is 50.2 Å². The van der Waals surface area contributed by atoms with E-state index in [0.29, 0.717) is 6.10 Å². The van der Waals surface area contributed by atoms with Gasteiger partial charge in [0.2, 0.25) is 0 Å². The number of nitrogens with one attached hydrogen (secondary N) is 1. The maximum Gasteiger partial charge on any atom is 0.0731 e. The second kappa shape index (κ2) is 4.63. The summed E-state index contributed by atoms with van der Waals surface area (Å²) in [6.07, 6.45) is 7.79. The fourth-order valence-electron chi connectivity index (χ4n) is 2.91. The standard InChI is InChI=1S/C13H23NO2/c1-2-11(1)10-15-12-3-8-16-13(9-12)4-6-14-7-5-13/h11-12,14H,1-10H2. The molecule has 2 heterocycles. The van der Waals surface area contributed by atoms with E-state index in [-0.39, 0.29) is 5.60 Å². The highest BCUT2D eigenvalue weighted by Gasteiger charge is 2.39. The zero-order valence-electron chi connectivity index (χ0n) is 10.0. The minimum Gasteiger partial charge on any atom is -0.378 e. The minimum atomic E-state index is 0.151. The molecule has 2 aliphatic heterocycles. The summed E-state index contributed by atoms with van der Waals surface area (Å²) >= 11 is 0. The van der Waals surface area contributed by atoms with Gasteiger partial charge in [0.05, 0.1) is 11.7 Å². The maximum absolute atomic E-state index is 6.04. The van der Waals surface area contributed by atoms with Crippen LogP contribution in [0.2, 0.25) is 0 Å². The van der Waals surface area contributed by atoms with Gasteiger partial charge in [-0.1, -0.05) is 0 Å². The van der Waals surface area contributed by atoms with Crippen LogP contribution in [0.25, 0.3) is 0 Å². The molecule has 3 heteroatoms. The molecular weight excluding hydrogens is 202 g/mol. The van der Waals surface area contributed by atoms with Gasteiger partial charge >= 0.3 is 0 Å². The monoisotopic (exact) mass is 225 g/mol. The molecule has 0 bridgehead atoms. The van der Waals surface area contributed by atoms with Crippen molar-refractivity contribution in [2.24, 2.45) is 5.92 Å². The van der Waals surface area contributed by atoms with Crippen LogP contribution in [0.5, 0.6) is 0 Å². The van der Waals surface area contributed by atoms with Gasteiger partial charge in [0, 0.05) is 19.6 Å². The molecule has 1 unspecified atom stereocenters. The molecule has 0 amide bonds. The summed E-state index contributed by atoms with van der Waals surface area (Å²) in [5.41, 5.74) is 0.151. The third-order valence-corrected chi connectivity index (χ3v) is 4.23. The zero-order chi connectivity index (χ0) is 10.8. The molecule has 3 aliphatic rings. The molecule has 92 valence electrons. The molecule has 2 saturated heterocycles. The molecule has 1 aliphatic carbocycles. The lowest BCUT2D eigenvalue weighted by Crippen LogP contribution is -2.49. The highest BCUT2D eigenvalue weighted by Crippen LogP contribution is 2.36. The van der Waals surface area contributed by atoms with Crippen LogP contribution in [0, 0.1) is 5.92 Å². The third kappa shape index (κ3) is 2.58. The van der Waals surface area contributed by atoms with E-state index in [4.69, 9.17) is 9.47 Å². The first kappa shape index (κ1) is 11.0. The highest BCUT2D eigenvalue weighted by atomic mass is 16.5. The maximum atomic E-state index is 6.04. The summed E-state index contributed by atoms with van der Waals surface area (Å²) < 4.78 is 12.1. The Balaban J connectivity index is 1.51. The Hall–Kier alpha value is -0.120. The molecule has 0 aromatic heterocycles. The number of hydrogen-bond donors (Lipinski definition) is 1. The molecule has 1 spiro atoms. The van der Waals surface area contributed by atoms with Gasteiger partial charge in [-0.05, 0) is 51.1 Å². The van der Waals surface area contributed by atoms with Gasteiger partial charge < -0.3 is 14.8 Å². The Bertz CT molecular complexity index is 229. The number of piperidine rings is 1. The van der Waals surface area contributed by atoms with Crippen molar-refractivity contribution in [2.75, 3.05) is 26.3 Å². The van der Waals surface area contributed by atoms with Gasteiger partial charge in [0.1, 0.15) is 0 Å². The van der Waals surface area contributed by atoms with Crippen molar-refractivity contribution in [3.63, 3.8) is 0 Å². The van der Waals surface area contributed by atoms with Gasteiger partial charge in [-0.15, -0.1) is 0 Å². The summed E-state index contributed by atoms with van der Waals surface area (Å²) in [5, 5.41) is 3.41. The van der Waals surface area contributed by atoms with Gasteiger partial charge in [0.15, 0.2) is 0 Å². The van der Waals surface area contributed by atoms with Gasteiger partial charge in [0.25, 0.3) is 0 Å². The van der Waals surface area contributed by atoms with Crippen LogP contribution in [-0.4, -0.2) is 38.0 Å². The minimum absolute atomic E-state index is 0.151. The van der Waals surface area contributed by atoms with Crippen LogP contribution in [0.1, 0.15) is 38.5 Å². The Kier molecular flexibility index (Phi) is 3.18. The second-order valence-corrected chi connectivity index (χ2v) is 5.67. The largest absolute Gasteiger partial charge is 0.378 e. The van der Waals surface area contributed by atoms with Gasteiger partial charge in [-0.25, -0.2) is 0 Å². The molecule has 3 nitrogen and oxygen atoms in total. The Morgan fingerprint density at radius 2 is 2.00 bits per heavy atom. The van der Waals surface area contributed by atoms with Crippen LogP contribution in [0.4, 0.5) is 0 Å². The quantitative estimate of drug-likeness (QED) is 0.793. The zero-order valence-corrected chi connectivity index (χ0v) is 10.0. The lowest BCUT2D eigenvalue weighted by Gasteiger charge is -2.43. The summed E-state index contributed by atoms with van der Waals surface area (Å²) in [7, 11) is 0. The first-order valence-corrected chi connectivity index (χ1v) is 6.83. The van der Waals surface area contributed by atoms with Gasteiger partial charge in [-0.3, -0.25) is 0 Å². The highest BCUT2D eigenvalue weighted by molar-refractivity contribution is 4.91. The van der Waals surface area contributed by atoms with E-state index in [9.17, 15) is 0 Å². The lowest BCUT2D eigenvalue weighted by atomic mass is 9.84. The van der Waals surface area contributed by atoms with E-state index in [1.165, 1.54) is 12.8 Å². The molecular formula is C13H23NO2. The molecule has 1 atom stereocenters. The average molecular weight is 225 g/mol. The predicted molar refractivity (Wildman–Crippen MR) is 62.5 cm³/mol. The van der Waals surface area contributed by atoms with Crippen LogP contribution in [-0.2, 0) is 9.47 Å². The smallest absolute Gasteiger partial charge is 0.0731 e. The molecule has 0 aromatic carbocycles. The van der Waals surface area contributed by atoms with Crippen molar-refractivity contribution in [1.82, 2.24) is 5.32 Å². The normalized spacial score (nSPS) is 34.1. The topological polar surface area (TPSA) is 30.5 Å². The van der Waals surface area contributed by atoms with Crippen LogP contribution >= 0.6 is 0 Å². The Morgan fingerprint density at radius 3 is 2.75 bits per heavy atom. The van der Waals surface area contributed by atoms with Crippen molar-refractivity contribution < 1.29 is 9.47 Å². The van der Waals surface area contributed by atoms with Crippen LogP contribution in [0.3, 0.4) is 0 Å². The van der Waals surface area contributed by atoms with Crippen molar-refractivity contribution >= 4 is 0 Å². The second-order valence-electron chi connectivity index (χ2n) is 5.67. The first-order valence-electron chi connectivity index (χ1n) is 6.83. The summed E-state index contributed by atoms with van der Waals surface area (Å²) in [5.74, 6) is 0.881. The Labute approximate surface area is 97.9 Å². The predicted octanol–water partition coefficient (Wildman–Crippen LogP) is 1.71. The number of rotatable bonds is 3. The molecule has 0 aromatic rings.